The minimum Gasteiger partial charge on any atom is -0.101 e. The quantitative estimate of drug-likeness (QED) is 0.265. The Balaban J connectivity index is -0.000000164. The van der Waals surface area contributed by atoms with E-state index in [-0.39, 0.29) is 29.7 Å². The second-order valence-corrected chi connectivity index (χ2v) is 10.0. The molecular weight excluding hydrogens is 528 g/mol. The third-order valence-corrected chi connectivity index (χ3v) is 7.48. The van der Waals surface area contributed by atoms with Gasteiger partial charge in [0, 0.05) is 22.3 Å². The van der Waals surface area contributed by atoms with Crippen molar-refractivity contribution < 1.29 is 0 Å². The van der Waals surface area contributed by atoms with Crippen LogP contribution in [0.25, 0.3) is 0 Å². The van der Waals surface area contributed by atoms with Crippen LogP contribution in [0, 0.1) is 88.9 Å². The van der Waals surface area contributed by atoms with Gasteiger partial charge in [0.2, 0.25) is 0 Å². The van der Waals surface area contributed by atoms with Gasteiger partial charge in [-0.05, 0) is 115 Å². The molecule has 0 aromatic heterocycles. The second-order valence-electron chi connectivity index (χ2n) is 10.0. The first kappa shape index (κ1) is 50.3. The van der Waals surface area contributed by atoms with Crippen LogP contribution in [0.1, 0.15) is 178 Å². The lowest BCUT2D eigenvalue weighted by Crippen LogP contribution is -1.95. The van der Waals surface area contributed by atoms with Crippen LogP contribution in [0.3, 0.4) is 0 Å². The molecule has 0 unspecified atom stereocenters. The summed E-state index contributed by atoms with van der Waals surface area (Å²) < 4.78 is 0. The molecule has 0 heterocycles. The van der Waals surface area contributed by atoms with Crippen molar-refractivity contribution in [1.29, 1.82) is 0 Å². The van der Waals surface area contributed by atoms with Gasteiger partial charge in [-0.25, -0.2) is 0 Å². The molecular formula is C44H70. The van der Waals surface area contributed by atoms with E-state index in [0.717, 1.165) is 22.3 Å². The van der Waals surface area contributed by atoms with Crippen molar-refractivity contribution in [3.8, 4) is 47.4 Å². The lowest BCUT2D eigenvalue weighted by Gasteiger charge is -2.09. The molecule has 246 valence electrons. The SMILES string of the molecule is C.C.C.C.C1CCC1.C1CCC1.CC.CC#Cc1cc(C#CC)c(C)c(C)c1C.CC#Cc1cc(C#CC)c(C)c(C)c1C. The molecule has 0 saturated heterocycles. The van der Waals surface area contributed by atoms with Gasteiger partial charge in [-0.2, -0.15) is 0 Å². The highest BCUT2D eigenvalue weighted by molar-refractivity contribution is 5.56. The molecule has 2 aliphatic carbocycles. The first-order valence-corrected chi connectivity index (χ1v) is 15.2. The third kappa shape index (κ3) is 17.1. The Labute approximate surface area is 278 Å². The molecule has 44 heavy (non-hydrogen) atoms. The molecule has 2 fully saturated rings. The van der Waals surface area contributed by atoms with Gasteiger partial charge < -0.3 is 0 Å². The molecule has 2 aromatic carbocycles. The monoisotopic (exact) mass is 599 g/mol. The van der Waals surface area contributed by atoms with Crippen LogP contribution in [0.5, 0.6) is 0 Å². The molecule has 0 nitrogen and oxygen atoms in total. The Morgan fingerprint density at radius 3 is 0.614 bits per heavy atom. The van der Waals surface area contributed by atoms with Gasteiger partial charge in [0.15, 0.2) is 0 Å². The standard InChI is InChI=1S/2C15H16.2C4H8.C2H6.4CH4/c2*1-6-8-14-10-15(9-7-2)13(5)11(3)12(14)4;2*1-2-4-3-1;1-2;;;;/h2*10H,1-5H3;2*1-4H2;1-2H3;4*1H4. The van der Waals surface area contributed by atoms with E-state index in [1.165, 1.54) is 84.7 Å². The maximum Gasteiger partial charge on any atom is 0.0289 e. The number of rotatable bonds is 0. The van der Waals surface area contributed by atoms with Crippen molar-refractivity contribution in [2.75, 3.05) is 0 Å². The van der Waals surface area contributed by atoms with Gasteiger partial charge in [0.25, 0.3) is 0 Å². The number of hydrogen-bond acceptors (Lipinski definition) is 0. The summed E-state index contributed by atoms with van der Waals surface area (Å²) in [6.07, 6.45) is 12.0. The molecule has 4 rings (SSSR count). The summed E-state index contributed by atoms with van der Waals surface area (Å²) >= 11 is 0. The van der Waals surface area contributed by atoms with Crippen molar-refractivity contribution in [2.45, 2.75) is 164 Å². The van der Waals surface area contributed by atoms with Crippen LogP contribution in [-0.4, -0.2) is 0 Å². The molecule has 0 amide bonds. The molecule has 0 spiro atoms. The maximum absolute atomic E-state index is 3.12. The fourth-order valence-corrected chi connectivity index (χ4v) is 3.65. The van der Waals surface area contributed by atoms with E-state index >= 15 is 0 Å². The minimum atomic E-state index is 0. The van der Waals surface area contributed by atoms with E-state index < -0.39 is 0 Å². The highest BCUT2D eigenvalue weighted by Crippen LogP contribution is 2.21. The molecule has 0 bridgehead atoms. The van der Waals surface area contributed by atoms with Crippen molar-refractivity contribution in [3.63, 3.8) is 0 Å². The van der Waals surface area contributed by atoms with Crippen LogP contribution in [-0.2, 0) is 0 Å². The normalized spacial score (nSPS) is 10.4. The average Bonchev–Trinajstić information content (AvgIpc) is 2.87. The average molecular weight is 599 g/mol. The lowest BCUT2D eigenvalue weighted by molar-refractivity contribution is 0.504. The number of hydrogen-bond donors (Lipinski definition) is 0. The Morgan fingerprint density at radius 1 is 0.341 bits per heavy atom. The summed E-state index contributed by atoms with van der Waals surface area (Å²) in [6, 6.07) is 4.18. The zero-order valence-corrected chi connectivity index (χ0v) is 27.8. The number of benzene rings is 2. The van der Waals surface area contributed by atoms with E-state index in [1.807, 2.05) is 41.5 Å². The fraction of sp³-hybridized carbons (Fsp3) is 0.545. The summed E-state index contributed by atoms with van der Waals surface area (Å²) in [5, 5.41) is 0. The van der Waals surface area contributed by atoms with Crippen LogP contribution in [0.15, 0.2) is 12.1 Å². The van der Waals surface area contributed by atoms with E-state index in [0.29, 0.717) is 0 Å². The van der Waals surface area contributed by atoms with Gasteiger partial charge >= 0.3 is 0 Å². The van der Waals surface area contributed by atoms with E-state index in [4.69, 9.17) is 0 Å². The van der Waals surface area contributed by atoms with E-state index in [1.54, 1.807) is 0 Å². The summed E-state index contributed by atoms with van der Waals surface area (Å²) in [5.41, 5.74) is 12.0. The summed E-state index contributed by atoms with van der Waals surface area (Å²) in [6.45, 7) is 24.2. The highest BCUT2D eigenvalue weighted by atomic mass is 14.1. The first-order valence-electron chi connectivity index (χ1n) is 15.2. The molecule has 0 aliphatic heterocycles. The Bertz CT molecular complexity index is 1110. The van der Waals surface area contributed by atoms with E-state index in [2.05, 4.69) is 101 Å². The van der Waals surface area contributed by atoms with Crippen molar-refractivity contribution in [1.82, 2.24) is 0 Å². The zero-order chi connectivity index (χ0) is 30.5. The predicted octanol–water partition coefficient (Wildman–Crippen LogP) is 13.4. The zero-order valence-electron chi connectivity index (χ0n) is 27.8. The van der Waals surface area contributed by atoms with Gasteiger partial charge in [-0.15, -0.1) is 23.7 Å². The second kappa shape index (κ2) is 29.7. The molecule has 0 atom stereocenters. The Morgan fingerprint density at radius 2 is 0.500 bits per heavy atom. The van der Waals surface area contributed by atoms with Crippen LogP contribution < -0.4 is 0 Å². The Hall–Kier alpha value is -3.32. The van der Waals surface area contributed by atoms with Crippen molar-refractivity contribution >= 4 is 0 Å². The van der Waals surface area contributed by atoms with E-state index in [9.17, 15) is 0 Å². The molecule has 2 saturated carbocycles. The predicted molar refractivity (Wildman–Crippen MR) is 207 cm³/mol. The van der Waals surface area contributed by atoms with Crippen LogP contribution >= 0.6 is 0 Å². The summed E-state index contributed by atoms with van der Waals surface area (Å²) in [7, 11) is 0. The minimum absolute atomic E-state index is 0. The fourth-order valence-electron chi connectivity index (χ4n) is 3.65. The summed E-state index contributed by atoms with van der Waals surface area (Å²) in [4.78, 5) is 0. The third-order valence-electron chi connectivity index (χ3n) is 7.48. The van der Waals surface area contributed by atoms with Crippen LogP contribution in [0.2, 0.25) is 0 Å². The molecule has 0 radical (unpaired) electrons. The smallest absolute Gasteiger partial charge is 0.0289 e. The van der Waals surface area contributed by atoms with Gasteiger partial charge in [-0.3, -0.25) is 0 Å². The first-order chi connectivity index (χ1) is 19.2. The molecule has 2 aliphatic rings. The van der Waals surface area contributed by atoms with Gasteiger partial charge in [0.05, 0.1) is 0 Å². The largest absolute Gasteiger partial charge is 0.101 e. The van der Waals surface area contributed by atoms with Crippen molar-refractivity contribution in [2.24, 2.45) is 0 Å². The maximum atomic E-state index is 3.12. The topological polar surface area (TPSA) is 0 Å². The highest BCUT2D eigenvalue weighted by Gasteiger charge is 2.07. The molecule has 0 N–H and O–H groups in total. The van der Waals surface area contributed by atoms with Crippen LogP contribution in [0.4, 0.5) is 0 Å². The van der Waals surface area contributed by atoms with Gasteiger partial charge in [0.1, 0.15) is 0 Å². The molecule has 0 heteroatoms. The lowest BCUT2D eigenvalue weighted by atomic mass is 9.94. The Kier molecular flexibility index (Phi) is 34.0. The van der Waals surface area contributed by atoms with Crippen molar-refractivity contribution in [3.05, 3.63) is 67.8 Å². The molecule has 2 aromatic rings. The summed E-state index contributed by atoms with van der Waals surface area (Å²) in [5.74, 6) is 24.3. The van der Waals surface area contributed by atoms with Gasteiger partial charge in [-0.1, -0.05) is 119 Å².